The second kappa shape index (κ2) is 7.56. The highest BCUT2D eigenvalue weighted by Gasteiger charge is 2.20. The molecule has 7 heteroatoms. The maximum atomic E-state index is 11.6. The van der Waals surface area contributed by atoms with Gasteiger partial charge in [-0.3, -0.25) is 9.59 Å². The van der Waals surface area contributed by atoms with Crippen molar-refractivity contribution in [3.8, 4) is 6.07 Å². The van der Waals surface area contributed by atoms with Gasteiger partial charge in [-0.2, -0.15) is 5.26 Å². The van der Waals surface area contributed by atoms with Gasteiger partial charge in [0.25, 0.3) is 0 Å². The Morgan fingerprint density at radius 2 is 1.93 bits per heavy atom. The maximum absolute atomic E-state index is 11.6. The number of nitrogens with zero attached hydrogens (tertiary/aromatic N) is 2. The minimum absolute atomic E-state index is 0.167. The van der Waals surface area contributed by atoms with Crippen LogP contribution in [0, 0.1) is 18.3 Å². The molecule has 0 radical (unpaired) electrons. The first-order chi connectivity index (χ1) is 12.9. The number of carbonyl (C=O) groups excluding carboxylic acids is 1. The van der Waals surface area contributed by atoms with Crippen molar-refractivity contribution in [2.45, 2.75) is 30.2 Å². The van der Waals surface area contributed by atoms with E-state index in [0.717, 1.165) is 26.4 Å². The van der Waals surface area contributed by atoms with Crippen molar-refractivity contribution >= 4 is 40.2 Å². The Hall–Kier alpha value is -3.24. The first kappa shape index (κ1) is 18.5. The SMILES string of the molecule is CC(=O)Nc1cccc2c1c(Sc1ccc(C#N)cc1)c(C)n2CC(=O)O. The van der Waals surface area contributed by atoms with Crippen LogP contribution in [-0.4, -0.2) is 21.6 Å². The summed E-state index contributed by atoms with van der Waals surface area (Å²) < 4.78 is 1.73. The second-order valence-corrected chi connectivity index (χ2v) is 7.10. The molecule has 0 saturated heterocycles. The lowest BCUT2D eigenvalue weighted by molar-refractivity contribution is -0.137. The van der Waals surface area contributed by atoms with Crippen molar-refractivity contribution in [1.29, 1.82) is 5.26 Å². The molecule has 3 rings (SSSR count). The third-order valence-corrected chi connectivity index (χ3v) is 5.31. The molecule has 0 atom stereocenters. The number of hydrogen-bond acceptors (Lipinski definition) is 4. The highest BCUT2D eigenvalue weighted by atomic mass is 32.2. The van der Waals surface area contributed by atoms with Gasteiger partial charge >= 0.3 is 5.97 Å². The number of anilines is 1. The fourth-order valence-electron chi connectivity index (χ4n) is 2.96. The predicted molar refractivity (Wildman–Crippen MR) is 104 cm³/mol. The van der Waals surface area contributed by atoms with Gasteiger partial charge < -0.3 is 15.0 Å². The zero-order valence-corrected chi connectivity index (χ0v) is 15.6. The summed E-state index contributed by atoms with van der Waals surface area (Å²) in [6, 6.07) is 14.7. The average Bonchev–Trinajstić information content (AvgIpc) is 2.88. The summed E-state index contributed by atoms with van der Waals surface area (Å²) in [7, 11) is 0. The van der Waals surface area contributed by atoms with Crippen molar-refractivity contribution in [2.75, 3.05) is 5.32 Å². The summed E-state index contributed by atoms with van der Waals surface area (Å²) in [5, 5.41) is 21.9. The van der Waals surface area contributed by atoms with Crippen LogP contribution in [0.3, 0.4) is 0 Å². The smallest absolute Gasteiger partial charge is 0.323 e. The van der Waals surface area contributed by atoms with Crippen molar-refractivity contribution in [3.63, 3.8) is 0 Å². The van der Waals surface area contributed by atoms with Gasteiger partial charge in [0.15, 0.2) is 0 Å². The number of nitriles is 1. The molecule has 27 heavy (non-hydrogen) atoms. The molecule has 1 aromatic heterocycles. The normalized spacial score (nSPS) is 10.6. The number of carboxylic acid groups (broad SMARTS) is 1. The number of aliphatic carboxylic acids is 1. The van der Waals surface area contributed by atoms with Crippen LogP contribution in [0.4, 0.5) is 5.69 Å². The molecule has 0 aliphatic heterocycles. The highest BCUT2D eigenvalue weighted by Crippen LogP contribution is 2.41. The molecule has 6 nitrogen and oxygen atoms in total. The maximum Gasteiger partial charge on any atom is 0.323 e. The van der Waals surface area contributed by atoms with Crippen molar-refractivity contribution in [2.24, 2.45) is 0 Å². The van der Waals surface area contributed by atoms with E-state index in [1.54, 1.807) is 28.8 Å². The van der Waals surface area contributed by atoms with E-state index in [0.29, 0.717) is 11.3 Å². The average molecular weight is 379 g/mol. The van der Waals surface area contributed by atoms with Crippen LogP contribution in [0.15, 0.2) is 52.3 Å². The predicted octanol–water partition coefficient (Wildman–Crippen LogP) is 4.02. The molecule has 1 heterocycles. The largest absolute Gasteiger partial charge is 0.480 e. The molecule has 1 amide bonds. The van der Waals surface area contributed by atoms with Gasteiger partial charge in [-0.25, -0.2) is 0 Å². The Kier molecular flexibility index (Phi) is 5.19. The van der Waals surface area contributed by atoms with Crippen LogP contribution >= 0.6 is 11.8 Å². The second-order valence-electron chi connectivity index (χ2n) is 6.01. The number of fused-ring (bicyclic) bond motifs is 1. The topological polar surface area (TPSA) is 95.1 Å². The van der Waals surface area contributed by atoms with E-state index in [-0.39, 0.29) is 12.5 Å². The van der Waals surface area contributed by atoms with E-state index in [1.165, 1.54) is 18.7 Å². The summed E-state index contributed by atoms with van der Waals surface area (Å²) in [4.78, 5) is 24.8. The number of rotatable bonds is 5. The van der Waals surface area contributed by atoms with Crippen LogP contribution in [-0.2, 0) is 16.1 Å². The van der Waals surface area contributed by atoms with Crippen LogP contribution in [0.5, 0.6) is 0 Å². The quantitative estimate of drug-likeness (QED) is 0.698. The Labute approximate surface area is 160 Å². The molecular formula is C20H17N3O3S. The van der Waals surface area contributed by atoms with Crippen molar-refractivity contribution < 1.29 is 14.7 Å². The molecule has 0 unspecified atom stereocenters. The lowest BCUT2D eigenvalue weighted by Gasteiger charge is -2.07. The summed E-state index contributed by atoms with van der Waals surface area (Å²) in [5.41, 5.74) is 2.77. The number of carboxylic acids is 1. The number of aromatic nitrogens is 1. The number of hydrogen-bond donors (Lipinski definition) is 2. The van der Waals surface area contributed by atoms with E-state index in [4.69, 9.17) is 5.26 Å². The van der Waals surface area contributed by atoms with Gasteiger partial charge in [0, 0.05) is 27.8 Å². The van der Waals surface area contributed by atoms with Gasteiger partial charge in [0.2, 0.25) is 5.91 Å². The fourth-order valence-corrected chi connectivity index (χ4v) is 4.04. The molecule has 2 aromatic carbocycles. The first-order valence-corrected chi connectivity index (χ1v) is 9.01. The molecule has 0 aliphatic rings. The zero-order valence-electron chi connectivity index (χ0n) is 14.8. The van der Waals surface area contributed by atoms with Crippen LogP contribution in [0.2, 0.25) is 0 Å². The molecule has 0 bridgehead atoms. The molecule has 0 aliphatic carbocycles. The highest BCUT2D eigenvalue weighted by molar-refractivity contribution is 7.99. The van der Waals surface area contributed by atoms with Crippen LogP contribution < -0.4 is 5.32 Å². The fraction of sp³-hybridized carbons (Fsp3) is 0.150. The van der Waals surface area contributed by atoms with Gasteiger partial charge in [-0.1, -0.05) is 17.8 Å². The molecule has 0 saturated carbocycles. The summed E-state index contributed by atoms with van der Waals surface area (Å²) in [6.07, 6.45) is 0. The first-order valence-electron chi connectivity index (χ1n) is 8.20. The Morgan fingerprint density at radius 3 is 2.52 bits per heavy atom. The molecule has 3 aromatic rings. The van der Waals surface area contributed by atoms with Crippen molar-refractivity contribution in [3.05, 3.63) is 53.7 Å². The monoisotopic (exact) mass is 379 g/mol. The Morgan fingerprint density at radius 1 is 1.22 bits per heavy atom. The minimum atomic E-state index is -0.935. The van der Waals surface area contributed by atoms with Gasteiger partial charge in [0.1, 0.15) is 6.54 Å². The Balaban J connectivity index is 2.19. The van der Waals surface area contributed by atoms with E-state index in [1.807, 2.05) is 25.1 Å². The van der Waals surface area contributed by atoms with Gasteiger partial charge in [-0.15, -0.1) is 0 Å². The summed E-state index contributed by atoms with van der Waals surface area (Å²) >= 11 is 1.48. The standard InChI is InChI=1S/C20H17N3O3S/c1-12-20(27-15-8-6-14(10-21)7-9-15)19-16(22-13(2)24)4-3-5-17(19)23(12)11-18(25)26/h3-9H,11H2,1-2H3,(H,22,24)(H,25,26). The minimum Gasteiger partial charge on any atom is -0.480 e. The summed E-state index contributed by atoms with van der Waals surface area (Å²) in [6.45, 7) is 3.14. The van der Waals surface area contributed by atoms with Crippen molar-refractivity contribution in [1.82, 2.24) is 4.57 Å². The van der Waals surface area contributed by atoms with Crippen LogP contribution in [0.1, 0.15) is 18.2 Å². The lowest BCUT2D eigenvalue weighted by atomic mass is 10.2. The number of benzene rings is 2. The molecule has 0 spiro atoms. The van der Waals surface area contributed by atoms with Gasteiger partial charge in [-0.05, 0) is 43.3 Å². The van der Waals surface area contributed by atoms with E-state index >= 15 is 0 Å². The number of amides is 1. The van der Waals surface area contributed by atoms with E-state index < -0.39 is 5.97 Å². The zero-order chi connectivity index (χ0) is 19.6. The number of carbonyl (C=O) groups is 2. The lowest BCUT2D eigenvalue weighted by Crippen LogP contribution is -2.10. The third-order valence-electron chi connectivity index (χ3n) is 4.10. The van der Waals surface area contributed by atoms with E-state index in [9.17, 15) is 14.7 Å². The third kappa shape index (κ3) is 3.81. The molecule has 2 N–H and O–H groups in total. The summed E-state index contributed by atoms with van der Waals surface area (Å²) in [5.74, 6) is -1.13. The number of nitrogens with one attached hydrogen (secondary N) is 1. The van der Waals surface area contributed by atoms with Gasteiger partial charge in [0.05, 0.1) is 22.8 Å². The van der Waals surface area contributed by atoms with E-state index in [2.05, 4.69) is 11.4 Å². The Bertz CT molecular complexity index is 1080. The molecule has 136 valence electrons. The van der Waals surface area contributed by atoms with Crippen LogP contribution in [0.25, 0.3) is 10.9 Å². The molecular weight excluding hydrogens is 362 g/mol. The molecule has 0 fully saturated rings.